The summed E-state index contributed by atoms with van der Waals surface area (Å²) >= 11 is 0. The Kier molecular flexibility index (Phi) is 4.74. The normalized spacial score (nSPS) is 16.9. The zero-order valence-electron chi connectivity index (χ0n) is 17.2. The third kappa shape index (κ3) is 3.26. The van der Waals surface area contributed by atoms with Gasteiger partial charge in [-0.2, -0.15) is 0 Å². The quantitative estimate of drug-likeness (QED) is 0.661. The Bertz CT molecular complexity index is 1140. The molecule has 156 valence electrons. The van der Waals surface area contributed by atoms with Crippen LogP contribution in [-0.2, 0) is 16.0 Å². The Morgan fingerprint density at radius 2 is 1.61 bits per heavy atom. The molecule has 2 aliphatic rings. The molecule has 3 aromatic carbocycles. The molecule has 0 fully saturated rings. The van der Waals surface area contributed by atoms with Gasteiger partial charge in [-0.25, -0.2) is 9.59 Å². The van der Waals surface area contributed by atoms with Gasteiger partial charge in [-0.3, -0.25) is 4.90 Å². The van der Waals surface area contributed by atoms with E-state index in [4.69, 9.17) is 4.74 Å². The van der Waals surface area contributed by atoms with Crippen molar-refractivity contribution in [1.29, 1.82) is 0 Å². The number of aliphatic carboxylic acids is 1. The van der Waals surface area contributed by atoms with Gasteiger partial charge in [-0.15, -0.1) is 0 Å². The van der Waals surface area contributed by atoms with Crippen LogP contribution in [-0.4, -0.2) is 35.2 Å². The third-order valence-corrected chi connectivity index (χ3v) is 6.33. The number of carbonyl (C=O) groups excluding carboxylic acids is 1. The number of carbonyl (C=O) groups is 2. The number of ether oxygens (including phenoxy) is 1. The molecule has 1 aliphatic carbocycles. The molecular formula is C26H23NO4. The first-order chi connectivity index (χ1) is 15.0. The van der Waals surface area contributed by atoms with E-state index in [1.54, 1.807) is 0 Å². The molecular weight excluding hydrogens is 390 g/mol. The summed E-state index contributed by atoms with van der Waals surface area (Å²) in [6, 6.07) is 21.0. The molecule has 0 saturated heterocycles. The van der Waals surface area contributed by atoms with Crippen LogP contribution in [0.5, 0.6) is 0 Å². The lowest BCUT2D eigenvalue weighted by Crippen LogP contribution is -2.44. The molecule has 31 heavy (non-hydrogen) atoms. The molecule has 0 spiro atoms. The van der Waals surface area contributed by atoms with Crippen molar-refractivity contribution in [2.75, 3.05) is 13.2 Å². The summed E-state index contributed by atoms with van der Waals surface area (Å²) in [6.07, 6.45) is 0.0332. The van der Waals surface area contributed by atoms with Gasteiger partial charge in [0.15, 0.2) is 6.04 Å². The van der Waals surface area contributed by atoms with E-state index in [0.29, 0.717) is 18.5 Å². The van der Waals surface area contributed by atoms with E-state index in [1.807, 2.05) is 49.4 Å². The average Bonchev–Trinajstić information content (AvgIpc) is 3.10. The van der Waals surface area contributed by atoms with Gasteiger partial charge < -0.3 is 9.84 Å². The number of rotatable bonds is 3. The largest absolute Gasteiger partial charge is 0.479 e. The summed E-state index contributed by atoms with van der Waals surface area (Å²) in [5.41, 5.74) is 7.30. The summed E-state index contributed by atoms with van der Waals surface area (Å²) in [4.78, 5) is 26.4. The van der Waals surface area contributed by atoms with Gasteiger partial charge in [0, 0.05) is 12.5 Å². The number of benzene rings is 3. The fraction of sp³-hybridized carbons (Fsp3) is 0.231. The van der Waals surface area contributed by atoms with Gasteiger partial charge in [0.05, 0.1) is 0 Å². The minimum Gasteiger partial charge on any atom is -0.479 e. The molecule has 5 nitrogen and oxygen atoms in total. The maximum absolute atomic E-state index is 13.0. The first-order valence-electron chi connectivity index (χ1n) is 10.5. The molecule has 1 atom stereocenters. The first kappa shape index (κ1) is 19.4. The Balaban J connectivity index is 1.39. The minimum atomic E-state index is -1.04. The van der Waals surface area contributed by atoms with Crippen LogP contribution in [0.25, 0.3) is 11.1 Å². The van der Waals surface area contributed by atoms with Gasteiger partial charge in [-0.1, -0.05) is 72.3 Å². The number of aryl methyl sites for hydroxylation is 1. The number of fused-ring (bicyclic) bond motifs is 4. The molecule has 1 amide bonds. The predicted molar refractivity (Wildman–Crippen MR) is 117 cm³/mol. The summed E-state index contributed by atoms with van der Waals surface area (Å²) in [5.74, 6) is -1.10. The molecule has 1 unspecified atom stereocenters. The predicted octanol–water partition coefficient (Wildman–Crippen LogP) is 4.93. The van der Waals surface area contributed by atoms with E-state index in [9.17, 15) is 14.7 Å². The van der Waals surface area contributed by atoms with Crippen molar-refractivity contribution in [3.63, 3.8) is 0 Å². The van der Waals surface area contributed by atoms with Gasteiger partial charge >= 0.3 is 12.1 Å². The lowest BCUT2D eigenvalue weighted by Gasteiger charge is -2.34. The smallest absolute Gasteiger partial charge is 0.410 e. The zero-order valence-corrected chi connectivity index (χ0v) is 17.2. The molecule has 0 aromatic heterocycles. The maximum Gasteiger partial charge on any atom is 0.410 e. The second kappa shape index (κ2) is 7.58. The van der Waals surface area contributed by atoms with Crippen LogP contribution in [0.15, 0.2) is 66.7 Å². The van der Waals surface area contributed by atoms with Crippen LogP contribution in [0, 0.1) is 6.92 Å². The first-order valence-corrected chi connectivity index (χ1v) is 10.5. The number of carboxylic acid groups (broad SMARTS) is 1. The zero-order chi connectivity index (χ0) is 21.5. The van der Waals surface area contributed by atoms with Crippen LogP contribution in [0.3, 0.4) is 0 Å². The van der Waals surface area contributed by atoms with Crippen molar-refractivity contribution in [3.8, 4) is 11.1 Å². The van der Waals surface area contributed by atoms with Crippen molar-refractivity contribution in [2.24, 2.45) is 0 Å². The van der Waals surface area contributed by atoms with E-state index in [2.05, 4.69) is 24.3 Å². The van der Waals surface area contributed by atoms with Crippen LogP contribution in [0.4, 0.5) is 4.79 Å². The molecule has 1 heterocycles. The van der Waals surface area contributed by atoms with Crippen LogP contribution in [0.2, 0.25) is 0 Å². The Hall–Kier alpha value is -3.60. The van der Waals surface area contributed by atoms with Crippen molar-refractivity contribution in [2.45, 2.75) is 25.3 Å². The SMILES string of the molecule is Cc1ccc2c(c1)CCN(C(=O)OCC1c3ccccc3-c3ccccc31)C2C(=O)O. The van der Waals surface area contributed by atoms with E-state index in [1.165, 1.54) is 4.90 Å². The fourth-order valence-corrected chi connectivity index (χ4v) is 4.90. The summed E-state index contributed by atoms with van der Waals surface area (Å²) in [7, 11) is 0. The molecule has 0 saturated carbocycles. The number of carboxylic acids is 1. The second-order valence-corrected chi connectivity index (χ2v) is 8.19. The Morgan fingerprint density at radius 1 is 0.968 bits per heavy atom. The van der Waals surface area contributed by atoms with E-state index in [-0.39, 0.29) is 12.5 Å². The topological polar surface area (TPSA) is 66.8 Å². The van der Waals surface area contributed by atoms with Crippen LogP contribution >= 0.6 is 0 Å². The molecule has 1 aliphatic heterocycles. The monoisotopic (exact) mass is 413 g/mol. The van der Waals surface area contributed by atoms with Crippen molar-refractivity contribution in [3.05, 3.63) is 94.5 Å². The number of amides is 1. The standard InChI is InChI=1S/C26H23NO4/c1-16-10-11-18-17(14-16)12-13-27(24(18)25(28)29)26(30)31-15-23-21-8-4-2-6-19(21)20-7-3-5-9-22(20)23/h2-11,14,23-24H,12-13,15H2,1H3,(H,28,29). The van der Waals surface area contributed by atoms with Gasteiger partial charge in [-0.05, 0) is 46.7 Å². The fourth-order valence-electron chi connectivity index (χ4n) is 4.90. The van der Waals surface area contributed by atoms with Crippen molar-refractivity contribution >= 4 is 12.1 Å². The maximum atomic E-state index is 13.0. The molecule has 5 heteroatoms. The molecule has 0 bridgehead atoms. The van der Waals surface area contributed by atoms with Gasteiger partial charge in [0.2, 0.25) is 0 Å². The molecule has 0 radical (unpaired) electrons. The summed E-state index contributed by atoms with van der Waals surface area (Å²) in [6.45, 7) is 2.48. The van der Waals surface area contributed by atoms with Gasteiger partial charge in [0.25, 0.3) is 0 Å². The lowest BCUT2D eigenvalue weighted by atomic mass is 9.91. The summed E-state index contributed by atoms with van der Waals surface area (Å²) < 4.78 is 5.72. The molecule has 3 aromatic rings. The highest BCUT2D eigenvalue weighted by Gasteiger charge is 2.38. The van der Waals surface area contributed by atoms with Gasteiger partial charge in [0.1, 0.15) is 6.61 Å². The molecule has 5 rings (SSSR count). The highest BCUT2D eigenvalue weighted by Crippen LogP contribution is 2.44. The third-order valence-electron chi connectivity index (χ3n) is 6.33. The summed E-state index contributed by atoms with van der Waals surface area (Å²) in [5, 5.41) is 9.86. The number of hydrogen-bond donors (Lipinski definition) is 1. The van der Waals surface area contributed by atoms with Crippen molar-refractivity contribution < 1.29 is 19.4 Å². The second-order valence-electron chi connectivity index (χ2n) is 8.19. The average molecular weight is 413 g/mol. The molecule has 1 N–H and O–H groups in total. The minimum absolute atomic E-state index is 0.0562. The van der Waals surface area contributed by atoms with E-state index in [0.717, 1.165) is 33.4 Å². The van der Waals surface area contributed by atoms with E-state index < -0.39 is 18.1 Å². The number of nitrogens with zero attached hydrogens (tertiary/aromatic N) is 1. The highest BCUT2D eigenvalue weighted by molar-refractivity contribution is 5.83. The lowest BCUT2D eigenvalue weighted by molar-refractivity contribution is -0.143. The van der Waals surface area contributed by atoms with E-state index >= 15 is 0 Å². The van der Waals surface area contributed by atoms with Crippen LogP contribution < -0.4 is 0 Å². The van der Waals surface area contributed by atoms with Crippen LogP contribution in [0.1, 0.15) is 39.8 Å². The number of hydrogen-bond acceptors (Lipinski definition) is 3. The highest BCUT2D eigenvalue weighted by atomic mass is 16.6. The Morgan fingerprint density at radius 3 is 2.26 bits per heavy atom. The Labute approximate surface area is 180 Å². The van der Waals surface area contributed by atoms with Crippen molar-refractivity contribution in [1.82, 2.24) is 4.90 Å².